The highest BCUT2D eigenvalue weighted by molar-refractivity contribution is 4.87. The lowest BCUT2D eigenvalue weighted by Crippen LogP contribution is -2.46. The molecule has 0 radical (unpaired) electrons. The molecule has 1 atom stereocenters. The Bertz CT molecular complexity index is 118. The third-order valence-electron chi connectivity index (χ3n) is 3.17. The molecule has 0 spiro atoms. The van der Waals surface area contributed by atoms with Crippen molar-refractivity contribution in [3.63, 3.8) is 0 Å². The van der Waals surface area contributed by atoms with Crippen LogP contribution in [-0.4, -0.2) is 24.0 Å². The highest BCUT2D eigenvalue weighted by atomic mass is 15.2. The van der Waals surface area contributed by atoms with Gasteiger partial charge in [-0.05, 0) is 39.8 Å². The summed E-state index contributed by atoms with van der Waals surface area (Å²) >= 11 is 0. The zero-order valence-corrected chi connectivity index (χ0v) is 8.19. The molecular formula is C10H21N. The third-order valence-corrected chi connectivity index (χ3v) is 3.17. The lowest BCUT2D eigenvalue weighted by Gasteiger charge is -2.42. The van der Waals surface area contributed by atoms with Crippen molar-refractivity contribution in [2.75, 3.05) is 13.6 Å². The fourth-order valence-electron chi connectivity index (χ4n) is 2.17. The molecule has 66 valence electrons. The van der Waals surface area contributed by atoms with E-state index in [0.717, 1.165) is 0 Å². The maximum Gasteiger partial charge on any atom is 0.0178 e. The predicted octanol–water partition coefficient (Wildman–Crippen LogP) is 2.66. The first-order chi connectivity index (χ1) is 5.19. The maximum atomic E-state index is 2.54. The highest BCUT2D eigenvalue weighted by Crippen LogP contribution is 2.30. The summed E-state index contributed by atoms with van der Waals surface area (Å²) in [5.41, 5.74) is 0.521. The van der Waals surface area contributed by atoms with E-state index >= 15 is 0 Å². The van der Waals surface area contributed by atoms with E-state index in [1.165, 1.54) is 38.6 Å². The first-order valence-electron chi connectivity index (χ1n) is 4.90. The molecule has 1 heteroatoms. The fraction of sp³-hybridized carbons (Fsp3) is 1.00. The number of likely N-dealkylation sites (tertiary alicyclic amines) is 1. The van der Waals surface area contributed by atoms with Crippen LogP contribution in [0, 0.1) is 0 Å². The molecule has 0 aliphatic carbocycles. The Labute approximate surface area is 70.8 Å². The highest BCUT2D eigenvalue weighted by Gasteiger charge is 2.30. The second-order valence-electron chi connectivity index (χ2n) is 4.13. The summed E-state index contributed by atoms with van der Waals surface area (Å²) in [5, 5.41) is 0. The van der Waals surface area contributed by atoms with E-state index in [1.54, 1.807) is 0 Å². The summed E-state index contributed by atoms with van der Waals surface area (Å²) < 4.78 is 0. The van der Waals surface area contributed by atoms with Crippen molar-refractivity contribution >= 4 is 0 Å². The molecule has 1 rings (SSSR count). The molecule has 0 aromatic rings. The minimum Gasteiger partial charge on any atom is -0.301 e. The van der Waals surface area contributed by atoms with Crippen LogP contribution >= 0.6 is 0 Å². The molecule has 0 saturated carbocycles. The Morgan fingerprint density at radius 3 is 2.64 bits per heavy atom. The van der Waals surface area contributed by atoms with Gasteiger partial charge in [-0.2, -0.15) is 0 Å². The van der Waals surface area contributed by atoms with Crippen LogP contribution in [0.5, 0.6) is 0 Å². The fourth-order valence-corrected chi connectivity index (χ4v) is 2.17. The van der Waals surface area contributed by atoms with Crippen LogP contribution in [-0.2, 0) is 0 Å². The number of nitrogens with zero attached hydrogens (tertiary/aromatic N) is 1. The topological polar surface area (TPSA) is 3.24 Å². The average Bonchev–Trinajstić information content (AvgIpc) is 1.96. The number of rotatable bonds is 2. The van der Waals surface area contributed by atoms with Gasteiger partial charge in [0.05, 0.1) is 0 Å². The van der Waals surface area contributed by atoms with E-state index in [4.69, 9.17) is 0 Å². The first kappa shape index (κ1) is 9.05. The van der Waals surface area contributed by atoms with E-state index in [-0.39, 0.29) is 0 Å². The molecule has 1 unspecified atom stereocenters. The second kappa shape index (κ2) is 3.57. The van der Waals surface area contributed by atoms with Gasteiger partial charge < -0.3 is 4.90 Å². The average molecular weight is 155 g/mol. The molecule has 1 fully saturated rings. The SMILES string of the molecule is CCCC1(C)CCCCN1C. The molecule has 1 aliphatic rings. The molecular weight excluding hydrogens is 134 g/mol. The van der Waals surface area contributed by atoms with Gasteiger partial charge in [0.25, 0.3) is 0 Å². The van der Waals surface area contributed by atoms with Crippen LogP contribution in [0.15, 0.2) is 0 Å². The zero-order valence-electron chi connectivity index (χ0n) is 8.19. The summed E-state index contributed by atoms with van der Waals surface area (Å²) in [6.07, 6.45) is 6.92. The van der Waals surface area contributed by atoms with Gasteiger partial charge >= 0.3 is 0 Å². The van der Waals surface area contributed by atoms with Gasteiger partial charge in [0.15, 0.2) is 0 Å². The lowest BCUT2D eigenvalue weighted by molar-refractivity contribution is 0.0808. The van der Waals surface area contributed by atoms with Crippen molar-refractivity contribution in [3.05, 3.63) is 0 Å². The molecule has 0 aromatic heterocycles. The van der Waals surface area contributed by atoms with E-state index in [9.17, 15) is 0 Å². The molecule has 0 amide bonds. The molecule has 0 N–H and O–H groups in total. The Hall–Kier alpha value is -0.0400. The predicted molar refractivity (Wildman–Crippen MR) is 49.8 cm³/mol. The van der Waals surface area contributed by atoms with E-state index < -0.39 is 0 Å². The standard InChI is InChI=1S/C10H21N/c1-4-7-10(2)8-5-6-9-11(10)3/h4-9H2,1-3H3. The molecule has 0 bridgehead atoms. The maximum absolute atomic E-state index is 2.54. The van der Waals surface area contributed by atoms with Gasteiger partial charge in [0, 0.05) is 5.54 Å². The number of piperidine rings is 1. The Balaban J connectivity index is 2.49. The van der Waals surface area contributed by atoms with Crippen molar-refractivity contribution in [1.29, 1.82) is 0 Å². The molecule has 1 heterocycles. The Morgan fingerprint density at radius 1 is 1.36 bits per heavy atom. The summed E-state index contributed by atoms with van der Waals surface area (Å²) in [7, 11) is 2.27. The zero-order chi connectivity index (χ0) is 8.32. The third kappa shape index (κ3) is 1.96. The van der Waals surface area contributed by atoms with Gasteiger partial charge in [0.1, 0.15) is 0 Å². The summed E-state index contributed by atoms with van der Waals surface area (Å²) in [6, 6.07) is 0. The van der Waals surface area contributed by atoms with Crippen molar-refractivity contribution in [2.45, 2.75) is 51.5 Å². The first-order valence-corrected chi connectivity index (χ1v) is 4.90. The van der Waals surface area contributed by atoms with Gasteiger partial charge in [0.2, 0.25) is 0 Å². The van der Waals surface area contributed by atoms with Gasteiger partial charge in [-0.3, -0.25) is 0 Å². The lowest BCUT2D eigenvalue weighted by atomic mass is 9.85. The van der Waals surface area contributed by atoms with Crippen molar-refractivity contribution in [1.82, 2.24) is 4.90 Å². The number of hydrogen-bond acceptors (Lipinski definition) is 1. The van der Waals surface area contributed by atoms with E-state index in [2.05, 4.69) is 25.8 Å². The molecule has 1 nitrogen and oxygen atoms in total. The Kier molecular flexibility index (Phi) is 2.94. The van der Waals surface area contributed by atoms with Crippen LogP contribution in [0.3, 0.4) is 0 Å². The largest absolute Gasteiger partial charge is 0.301 e. The van der Waals surface area contributed by atoms with E-state index in [1.807, 2.05) is 0 Å². The van der Waals surface area contributed by atoms with Gasteiger partial charge in [-0.15, -0.1) is 0 Å². The summed E-state index contributed by atoms with van der Waals surface area (Å²) in [5.74, 6) is 0. The second-order valence-corrected chi connectivity index (χ2v) is 4.13. The monoisotopic (exact) mass is 155 g/mol. The van der Waals surface area contributed by atoms with Crippen molar-refractivity contribution < 1.29 is 0 Å². The van der Waals surface area contributed by atoms with Crippen LogP contribution in [0.4, 0.5) is 0 Å². The normalized spacial score (nSPS) is 34.1. The summed E-state index contributed by atoms with van der Waals surface area (Å²) in [4.78, 5) is 2.54. The van der Waals surface area contributed by atoms with Crippen LogP contribution in [0.2, 0.25) is 0 Å². The van der Waals surface area contributed by atoms with Crippen molar-refractivity contribution in [3.8, 4) is 0 Å². The van der Waals surface area contributed by atoms with Gasteiger partial charge in [-0.25, -0.2) is 0 Å². The quantitative estimate of drug-likeness (QED) is 0.592. The molecule has 1 aliphatic heterocycles. The number of hydrogen-bond donors (Lipinski definition) is 0. The molecule has 1 saturated heterocycles. The molecule has 11 heavy (non-hydrogen) atoms. The van der Waals surface area contributed by atoms with Crippen molar-refractivity contribution in [2.24, 2.45) is 0 Å². The van der Waals surface area contributed by atoms with Gasteiger partial charge in [-0.1, -0.05) is 19.8 Å². The molecule has 0 aromatic carbocycles. The van der Waals surface area contributed by atoms with E-state index in [0.29, 0.717) is 5.54 Å². The minimum absolute atomic E-state index is 0.521. The summed E-state index contributed by atoms with van der Waals surface area (Å²) in [6.45, 7) is 6.00. The Morgan fingerprint density at radius 2 is 2.09 bits per heavy atom. The minimum atomic E-state index is 0.521. The van der Waals surface area contributed by atoms with Crippen LogP contribution in [0.25, 0.3) is 0 Å². The smallest absolute Gasteiger partial charge is 0.0178 e. The van der Waals surface area contributed by atoms with Crippen LogP contribution in [0.1, 0.15) is 46.0 Å². The van der Waals surface area contributed by atoms with Crippen LogP contribution < -0.4 is 0 Å².